The maximum atomic E-state index is 12.3. The number of rotatable bonds is 4. The molecule has 7 heteroatoms. The van der Waals surface area contributed by atoms with Crippen LogP contribution in [-0.2, 0) is 0 Å². The molecule has 6 nitrogen and oxygen atoms in total. The first-order valence-electron chi connectivity index (χ1n) is 7.24. The summed E-state index contributed by atoms with van der Waals surface area (Å²) in [6, 6.07) is 8.66. The van der Waals surface area contributed by atoms with E-state index in [4.69, 9.17) is 25.8 Å². The number of hydrogen-bond acceptors (Lipinski definition) is 5. The van der Waals surface area contributed by atoms with Crippen molar-refractivity contribution >= 4 is 23.2 Å². The summed E-state index contributed by atoms with van der Waals surface area (Å²) in [5.74, 6) is 1.34. The number of benzene rings is 2. The van der Waals surface area contributed by atoms with Gasteiger partial charge in [-0.1, -0.05) is 11.6 Å². The second kappa shape index (κ2) is 6.49. The lowest BCUT2D eigenvalue weighted by Gasteiger charge is -2.29. The smallest absolute Gasteiger partial charge is 0.255 e. The molecule has 1 amide bonds. The summed E-state index contributed by atoms with van der Waals surface area (Å²) < 4.78 is 16.0. The van der Waals surface area contributed by atoms with E-state index in [1.54, 1.807) is 51.7 Å². The molecular formula is C17H17ClN2O4. The molecule has 1 aliphatic rings. The van der Waals surface area contributed by atoms with Crippen LogP contribution < -0.4 is 24.8 Å². The molecule has 0 spiro atoms. The summed E-state index contributed by atoms with van der Waals surface area (Å²) in [7, 11) is 4.63. The predicted molar refractivity (Wildman–Crippen MR) is 91.4 cm³/mol. The van der Waals surface area contributed by atoms with Crippen molar-refractivity contribution in [2.24, 2.45) is 0 Å². The van der Waals surface area contributed by atoms with E-state index in [2.05, 4.69) is 10.6 Å². The number of halogens is 1. The fraction of sp³-hybridized carbons (Fsp3) is 0.235. The van der Waals surface area contributed by atoms with Crippen molar-refractivity contribution in [1.82, 2.24) is 5.32 Å². The minimum atomic E-state index is -0.447. The standard InChI is InChI=1S/C17H17ClN2O4/c1-22-13-6-9(7-14(23-2)15(13)24-3)16-19-12-8-10(18)4-5-11(12)17(21)20-16/h4-8,16,19H,1-3H3,(H,20,21)/t16-/m1/s1. The molecule has 24 heavy (non-hydrogen) atoms. The third-order valence-electron chi connectivity index (χ3n) is 3.82. The molecule has 2 N–H and O–H groups in total. The molecule has 0 bridgehead atoms. The van der Waals surface area contributed by atoms with Crippen molar-refractivity contribution in [2.45, 2.75) is 6.17 Å². The summed E-state index contributed by atoms with van der Waals surface area (Å²) in [6.45, 7) is 0. The number of nitrogens with one attached hydrogen (secondary N) is 2. The minimum absolute atomic E-state index is 0.181. The molecule has 3 rings (SSSR count). The van der Waals surface area contributed by atoms with Gasteiger partial charge in [0.05, 0.1) is 32.6 Å². The Hall–Kier alpha value is -2.60. The summed E-state index contributed by atoms with van der Waals surface area (Å²) in [6.07, 6.45) is -0.447. The van der Waals surface area contributed by atoms with Crippen LogP contribution in [0.25, 0.3) is 0 Å². The van der Waals surface area contributed by atoms with Crippen molar-refractivity contribution in [1.29, 1.82) is 0 Å². The maximum Gasteiger partial charge on any atom is 0.255 e. The highest BCUT2D eigenvalue weighted by Crippen LogP contribution is 2.40. The molecule has 1 heterocycles. The summed E-state index contributed by atoms with van der Waals surface area (Å²) in [5.41, 5.74) is 1.98. The highest BCUT2D eigenvalue weighted by molar-refractivity contribution is 6.31. The van der Waals surface area contributed by atoms with Crippen LogP contribution in [0.3, 0.4) is 0 Å². The predicted octanol–water partition coefficient (Wildman–Crippen LogP) is 3.22. The van der Waals surface area contributed by atoms with Gasteiger partial charge in [0.1, 0.15) is 6.17 Å². The Bertz CT molecular complexity index is 769. The van der Waals surface area contributed by atoms with Gasteiger partial charge in [-0.25, -0.2) is 0 Å². The van der Waals surface area contributed by atoms with E-state index >= 15 is 0 Å². The van der Waals surface area contributed by atoms with Gasteiger partial charge in [-0.15, -0.1) is 0 Å². The third kappa shape index (κ3) is 2.80. The molecule has 1 aliphatic heterocycles. The highest BCUT2D eigenvalue weighted by atomic mass is 35.5. The van der Waals surface area contributed by atoms with Gasteiger partial charge in [0.15, 0.2) is 11.5 Å². The number of fused-ring (bicyclic) bond motifs is 1. The number of carbonyl (C=O) groups is 1. The molecule has 0 aliphatic carbocycles. The topological polar surface area (TPSA) is 68.8 Å². The Morgan fingerprint density at radius 1 is 0.958 bits per heavy atom. The average molecular weight is 349 g/mol. The molecule has 2 aromatic rings. The lowest BCUT2D eigenvalue weighted by molar-refractivity contribution is 0.0935. The van der Waals surface area contributed by atoms with E-state index in [1.165, 1.54) is 0 Å². The lowest BCUT2D eigenvalue weighted by atomic mass is 10.0. The van der Waals surface area contributed by atoms with Crippen LogP contribution in [0.5, 0.6) is 17.2 Å². The van der Waals surface area contributed by atoms with Gasteiger partial charge >= 0.3 is 0 Å². The second-order valence-electron chi connectivity index (χ2n) is 5.20. The van der Waals surface area contributed by atoms with E-state index in [9.17, 15) is 4.79 Å². The van der Waals surface area contributed by atoms with E-state index in [0.29, 0.717) is 33.5 Å². The quantitative estimate of drug-likeness (QED) is 0.888. The maximum absolute atomic E-state index is 12.3. The Morgan fingerprint density at radius 2 is 1.62 bits per heavy atom. The number of ether oxygens (including phenoxy) is 3. The van der Waals surface area contributed by atoms with E-state index in [1.807, 2.05) is 0 Å². The number of carbonyl (C=O) groups excluding carboxylic acids is 1. The van der Waals surface area contributed by atoms with Gasteiger partial charge in [0.2, 0.25) is 5.75 Å². The molecule has 0 saturated heterocycles. The number of hydrogen-bond donors (Lipinski definition) is 2. The molecule has 1 atom stereocenters. The van der Waals surface area contributed by atoms with Crippen LogP contribution in [0, 0.1) is 0 Å². The van der Waals surface area contributed by atoms with Crippen LogP contribution in [-0.4, -0.2) is 27.2 Å². The van der Waals surface area contributed by atoms with Crippen LogP contribution in [0.2, 0.25) is 5.02 Å². The van der Waals surface area contributed by atoms with Gasteiger partial charge in [-0.3, -0.25) is 4.79 Å². The Labute approximate surface area is 144 Å². The van der Waals surface area contributed by atoms with Crippen LogP contribution >= 0.6 is 11.6 Å². The summed E-state index contributed by atoms with van der Waals surface area (Å²) in [4.78, 5) is 12.3. The zero-order valence-electron chi connectivity index (χ0n) is 13.5. The van der Waals surface area contributed by atoms with Gasteiger partial charge in [0, 0.05) is 10.6 Å². The van der Waals surface area contributed by atoms with E-state index < -0.39 is 6.17 Å². The van der Waals surface area contributed by atoms with Crippen molar-refractivity contribution < 1.29 is 19.0 Å². The highest BCUT2D eigenvalue weighted by Gasteiger charge is 2.26. The van der Waals surface area contributed by atoms with Gasteiger partial charge in [0.25, 0.3) is 5.91 Å². The lowest BCUT2D eigenvalue weighted by Crippen LogP contribution is -2.38. The van der Waals surface area contributed by atoms with Gasteiger partial charge in [-0.2, -0.15) is 0 Å². The zero-order valence-corrected chi connectivity index (χ0v) is 14.2. The monoisotopic (exact) mass is 348 g/mol. The summed E-state index contributed by atoms with van der Waals surface area (Å²) in [5, 5.41) is 6.71. The SMILES string of the molecule is COc1cc([C@H]2NC(=O)c3ccc(Cl)cc3N2)cc(OC)c1OC. The first-order valence-corrected chi connectivity index (χ1v) is 7.62. The molecule has 0 unspecified atom stereocenters. The molecule has 0 aromatic heterocycles. The van der Waals surface area contributed by atoms with Crippen molar-refractivity contribution in [2.75, 3.05) is 26.6 Å². The largest absolute Gasteiger partial charge is 0.493 e. The molecule has 126 valence electrons. The van der Waals surface area contributed by atoms with Gasteiger partial charge in [-0.05, 0) is 30.3 Å². The molecule has 2 aromatic carbocycles. The second-order valence-corrected chi connectivity index (χ2v) is 5.64. The Balaban J connectivity index is 2.02. The van der Waals surface area contributed by atoms with Gasteiger partial charge < -0.3 is 24.8 Å². The fourth-order valence-electron chi connectivity index (χ4n) is 2.67. The Kier molecular flexibility index (Phi) is 4.40. The molecule has 0 fully saturated rings. The number of amides is 1. The van der Waals surface area contributed by atoms with Crippen LogP contribution in [0.15, 0.2) is 30.3 Å². The third-order valence-corrected chi connectivity index (χ3v) is 4.06. The van der Waals surface area contributed by atoms with E-state index in [0.717, 1.165) is 5.56 Å². The number of methoxy groups -OCH3 is 3. The van der Waals surface area contributed by atoms with Crippen molar-refractivity contribution in [3.05, 3.63) is 46.5 Å². The normalized spacial score (nSPS) is 15.8. The minimum Gasteiger partial charge on any atom is -0.493 e. The summed E-state index contributed by atoms with van der Waals surface area (Å²) >= 11 is 6.02. The van der Waals surface area contributed by atoms with E-state index in [-0.39, 0.29) is 5.91 Å². The molecule has 0 saturated carbocycles. The first kappa shape index (κ1) is 16.3. The Morgan fingerprint density at radius 3 is 2.21 bits per heavy atom. The first-order chi connectivity index (χ1) is 11.6. The number of anilines is 1. The molecule has 0 radical (unpaired) electrons. The van der Waals surface area contributed by atoms with Crippen LogP contribution in [0.1, 0.15) is 22.1 Å². The van der Waals surface area contributed by atoms with Crippen molar-refractivity contribution in [3.8, 4) is 17.2 Å². The fourth-order valence-corrected chi connectivity index (χ4v) is 2.84. The molecular weight excluding hydrogens is 332 g/mol. The zero-order chi connectivity index (χ0) is 17.3. The average Bonchev–Trinajstić information content (AvgIpc) is 2.59. The van der Waals surface area contributed by atoms with Crippen molar-refractivity contribution in [3.63, 3.8) is 0 Å². The van der Waals surface area contributed by atoms with Crippen LogP contribution in [0.4, 0.5) is 5.69 Å².